The monoisotopic (exact) mass is 293 g/mol. The summed E-state index contributed by atoms with van der Waals surface area (Å²) in [7, 11) is 0. The summed E-state index contributed by atoms with van der Waals surface area (Å²) in [5, 5.41) is 17.5. The van der Waals surface area contributed by atoms with Gasteiger partial charge in [0.25, 0.3) is 0 Å². The largest absolute Gasteiger partial charge is 0.364 e. The van der Waals surface area contributed by atoms with E-state index in [0.29, 0.717) is 18.3 Å². The molecule has 0 aliphatic heterocycles. The van der Waals surface area contributed by atoms with Crippen LogP contribution in [-0.2, 0) is 0 Å². The van der Waals surface area contributed by atoms with E-state index in [1.807, 2.05) is 6.92 Å². The first kappa shape index (κ1) is 15.5. The normalized spacial score (nSPS) is 21.8. The summed E-state index contributed by atoms with van der Waals surface area (Å²) in [6.45, 7) is 4.66. The summed E-state index contributed by atoms with van der Waals surface area (Å²) in [5.41, 5.74) is -0.0574. The Balaban J connectivity index is 2.19. The van der Waals surface area contributed by atoms with E-state index in [1.165, 1.54) is 12.7 Å². The predicted octanol–water partition coefficient (Wildman–Crippen LogP) is 3.20. The zero-order valence-corrected chi connectivity index (χ0v) is 12.6. The second-order valence-electron chi connectivity index (χ2n) is 5.49. The van der Waals surface area contributed by atoms with Crippen LogP contribution < -0.4 is 10.6 Å². The van der Waals surface area contributed by atoms with Crippen LogP contribution >= 0.6 is 0 Å². The second-order valence-corrected chi connectivity index (χ2v) is 5.49. The maximum absolute atomic E-state index is 11.3. The molecule has 0 radical (unpaired) electrons. The minimum Gasteiger partial charge on any atom is -0.364 e. The molecule has 0 spiro atoms. The van der Waals surface area contributed by atoms with E-state index < -0.39 is 4.92 Å². The molecule has 116 valence electrons. The molecule has 0 aromatic carbocycles. The van der Waals surface area contributed by atoms with Crippen LogP contribution in [-0.4, -0.2) is 27.5 Å². The highest BCUT2D eigenvalue weighted by molar-refractivity contribution is 5.69. The molecule has 7 nitrogen and oxygen atoms in total. The van der Waals surface area contributed by atoms with Crippen molar-refractivity contribution in [3.63, 3.8) is 0 Å². The fourth-order valence-corrected chi connectivity index (χ4v) is 2.94. The highest BCUT2D eigenvalue weighted by Crippen LogP contribution is 2.33. The quantitative estimate of drug-likeness (QED) is 0.618. The van der Waals surface area contributed by atoms with Crippen molar-refractivity contribution in [2.45, 2.75) is 52.0 Å². The van der Waals surface area contributed by atoms with Crippen LogP contribution in [0.1, 0.15) is 46.0 Å². The van der Waals surface area contributed by atoms with Gasteiger partial charge in [0.15, 0.2) is 0 Å². The minimum atomic E-state index is -0.416. The lowest BCUT2D eigenvalue weighted by Crippen LogP contribution is -2.28. The number of nitro groups is 1. The first-order chi connectivity index (χ1) is 10.2. The van der Waals surface area contributed by atoms with Crippen LogP contribution in [0.25, 0.3) is 0 Å². The van der Waals surface area contributed by atoms with Gasteiger partial charge in [-0.15, -0.1) is 0 Å². The van der Waals surface area contributed by atoms with E-state index in [0.717, 1.165) is 25.7 Å². The molecule has 1 aliphatic carbocycles. The van der Waals surface area contributed by atoms with Crippen molar-refractivity contribution < 1.29 is 4.92 Å². The molecule has 0 amide bonds. The average molecular weight is 293 g/mol. The van der Waals surface area contributed by atoms with Crippen LogP contribution in [0, 0.1) is 16.0 Å². The smallest absolute Gasteiger partial charge is 0.353 e. The van der Waals surface area contributed by atoms with E-state index in [2.05, 4.69) is 27.5 Å². The van der Waals surface area contributed by atoms with Crippen molar-refractivity contribution in [1.29, 1.82) is 0 Å². The Labute approximate surface area is 124 Å². The van der Waals surface area contributed by atoms with Gasteiger partial charge >= 0.3 is 5.69 Å². The Morgan fingerprint density at radius 3 is 2.76 bits per heavy atom. The summed E-state index contributed by atoms with van der Waals surface area (Å²) < 4.78 is 0. The van der Waals surface area contributed by atoms with Crippen LogP contribution in [0.3, 0.4) is 0 Å². The van der Waals surface area contributed by atoms with Crippen LogP contribution in [0.2, 0.25) is 0 Å². The Hall–Kier alpha value is -1.92. The fourth-order valence-electron chi connectivity index (χ4n) is 2.94. The lowest BCUT2D eigenvalue weighted by atomic mass is 9.84. The number of nitrogens with zero attached hydrogens (tertiary/aromatic N) is 3. The van der Waals surface area contributed by atoms with Crippen molar-refractivity contribution >= 4 is 17.3 Å². The molecule has 2 N–H and O–H groups in total. The Morgan fingerprint density at radius 2 is 2.10 bits per heavy atom. The average Bonchev–Trinajstić information content (AvgIpc) is 2.47. The number of nitrogens with one attached hydrogen (secondary N) is 2. The highest BCUT2D eigenvalue weighted by atomic mass is 16.6. The molecule has 1 aromatic heterocycles. The van der Waals surface area contributed by atoms with E-state index >= 15 is 0 Å². The molecule has 1 aromatic rings. The molecule has 1 fully saturated rings. The molecule has 7 heteroatoms. The Kier molecular flexibility index (Phi) is 5.30. The first-order valence-electron chi connectivity index (χ1n) is 7.65. The lowest BCUT2D eigenvalue weighted by molar-refractivity contribution is -0.383. The topological polar surface area (TPSA) is 93.0 Å². The number of hydrogen-bond acceptors (Lipinski definition) is 6. The molecule has 0 bridgehead atoms. The van der Waals surface area contributed by atoms with E-state index in [1.54, 1.807) is 0 Å². The molecule has 0 saturated heterocycles. The lowest BCUT2D eigenvalue weighted by Gasteiger charge is -2.29. The Bertz CT molecular complexity index is 494. The highest BCUT2D eigenvalue weighted by Gasteiger charge is 2.27. The minimum absolute atomic E-state index is 0.0574. The molecule has 1 saturated carbocycles. The van der Waals surface area contributed by atoms with Gasteiger partial charge in [0.1, 0.15) is 6.33 Å². The maximum Gasteiger partial charge on any atom is 0.353 e. The van der Waals surface area contributed by atoms with Gasteiger partial charge in [-0.25, -0.2) is 9.97 Å². The number of hydrogen-bond donors (Lipinski definition) is 2. The van der Waals surface area contributed by atoms with Gasteiger partial charge in [-0.3, -0.25) is 10.1 Å². The first-order valence-corrected chi connectivity index (χ1v) is 7.65. The molecular weight excluding hydrogens is 270 g/mol. The SMILES string of the molecule is CCNc1ncnc(NC2CCCC(CC)C2)c1[N+](=O)[O-]. The summed E-state index contributed by atoms with van der Waals surface area (Å²) >= 11 is 0. The third kappa shape index (κ3) is 3.80. The van der Waals surface area contributed by atoms with Gasteiger partial charge in [0.05, 0.1) is 4.92 Å². The van der Waals surface area contributed by atoms with Crippen molar-refractivity contribution in [2.24, 2.45) is 5.92 Å². The van der Waals surface area contributed by atoms with E-state index in [4.69, 9.17) is 0 Å². The van der Waals surface area contributed by atoms with Crippen molar-refractivity contribution in [2.75, 3.05) is 17.2 Å². The molecule has 21 heavy (non-hydrogen) atoms. The maximum atomic E-state index is 11.3. The van der Waals surface area contributed by atoms with Gasteiger partial charge in [0.2, 0.25) is 11.6 Å². The van der Waals surface area contributed by atoms with Crippen molar-refractivity contribution in [3.8, 4) is 0 Å². The molecular formula is C14H23N5O2. The predicted molar refractivity (Wildman–Crippen MR) is 82.5 cm³/mol. The van der Waals surface area contributed by atoms with Gasteiger partial charge in [0, 0.05) is 12.6 Å². The van der Waals surface area contributed by atoms with E-state index in [-0.39, 0.29) is 17.5 Å². The standard InChI is InChI=1S/C14H23N5O2/c1-3-10-6-5-7-11(8-10)18-14-12(19(20)21)13(15-4-2)16-9-17-14/h9-11H,3-8H2,1-2H3,(H2,15,16,17,18). The van der Waals surface area contributed by atoms with Crippen LogP contribution in [0.4, 0.5) is 17.3 Å². The molecule has 2 atom stereocenters. The Morgan fingerprint density at radius 1 is 1.33 bits per heavy atom. The molecule has 2 rings (SSSR count). The summed E-state index contributed by atoms with van der Waals surface area (Å²) in [4.78, 5) is 19.0. The zero-order valence-electron chi connectivity index (χ0n) is 12.6. The number of rotatable bonds is 6. The number of aromatic nitrogens is 2. The van der Waals surface area contributed by atoms with Crippen LogP contribution in [0.15, 0.2) is 6.33 Å². The number of anilines is 2. The molecule has 1 heterocycles. The van der Waals surface area contributed by atoms with Crippen molar-refractivity contribution in [3.05, 3.63) is 16.4 Å². The molecule has 2 unspecified atom stereocenters. The van der Waals surface area contributed by atoms with Gasteiger partial charge in [-0.05, 0) is 25.7 Å². The molecule has 1 aliphatic rings. The summed E-state index contributed by atoms with van der Waals surface area (Å²) in [6.07, 6.45) is 7.03. The van der Waals surface area contributed by atoms with Gasteiger partial charge in [-0.2, -0.15) is 0 Å². The third-order valence-electron chi connectivity index (χ3n) is 4.05. The van der Waals surface area contributed by atoms with Crippen LogP contribution in [0.5, 0.6) is 0 Å². The summed E-state index contributed by atoms with van der Waals surface area (Å²) in [6, 6.07) is 0.256. The summed E-state index contributed by atoms with van der Waals surface area (Å²) in [5.74, 6) is 1.31. The fraction of sp³-hybridized carbons (Fsp3) is 0.714. The van der Waals surface area contributed by atoms with Gasteiger partial charge in [-0.1, -0.05) is 26.2 Å². The van der Waals surface area contributed by atoms with Crippen molar-refractivity contribution in [1.82, 2.24) is 9.97 Å². The van der Waals surface area contributed by atoms with E-state index in [9.17, 15) is 10.1 Å². The third-order valence-corrected chi connectivity index (χ3v) is 4.05. The zero-order chi connectivity index (χ0) is 15.2. The van der Waals surface area contributed by atoms with Gasteiger partial charge < -0.3 is 10.6 Å². The second kappa shape index (κ2) is 7.19.